The molecule has 0 spiro atoms. The van der Waals surface area contributed by atoms with E-state index in [2.05, 4.69) is 20.4 Å². The van der Waals surface area contributed by atoms with Gasteiger partial charge in [-0.3, -0.25) is 4.68 Å². The lowest BCUT2D eigenvalue weighted by atomic mass is 10.1. The molecule has 6 heteroatoms. The molecule has 106 valence electrons. The Kier molecular flexibility index (Phi) is 3.40. The molecule has 0 amide bonds. The number of aryl methyl sites for hydroxylation is 3. The van der Waals surface area contributed by atoms with E-state index in [1.165, 1.54) is 0 Å². The zero-order chi connectivity index (χ0) is 14.1. The Morgan fingerprint density at radius 1 is 1.35 bits per heavy atom. The first-order chi connectivity index (χ1) is 9.61. The number of rotatable bonds is 3. The zero-order valence-corrected chi connectivity index (χ0v) is 12.0. The summed E-state index contributed by atoms with van der Waals surface area (Å²) >= 11 is 0. The number of hydrogen-bond donors (Lipinski definition) is 1. The third-order valence-corrected chi connectivity index (χ3v) is 3.44. The van der Waals surface area contributed by atoms with E-state index >= 15 is 0 Å². The van der Waals surface area contributed by atoms with Crippen LogP contribution in [-0.2, 0) is 11.8 Å². The summed E-state index contributed by atoms with van der Waals surface area (Å²) in [6.45, 7) is 4.63. The second-order valence-electron chi connectivity index (χ2n) is 5.22. The second-order valence-corrected chi connectivity index (χ2v) is 5.22. The molecule has 1 saturated heterocycles. The van der Waals surface area contributed by atoms with Crippen molar-refractivity contribution in [3.05, 3.63) is 35.5 Å². The van der Waals surface area contributed by atoms with Gasteiger partial charge in [-0.05, 0) is 20.3 Å². The summed E-state index contributed by atoms with van der Waals surface area (Å²) in [5.74, 6) is 1.64. The van der Waals surface area contributed by atoms with E-state index in [0.29, 0.717) is 0 Å². The largest absolute Gasteiger partial charge is 0.371 e. The van der Waals surface area contributed by atoms with Crippen LogP contribution in [-0.4, -0.2) is 32.4 Å². The minimum atomic E-state index is 0.0271. The lowest BCUT2D eigenvalue weighted by molar-refractivity contribution is 0.107. The van der Waals surface area contributed by atoms with Gasteiger partial charge >= 0.3 is 0 Å². The van der Waals surface area contributed by atoms with Crippen LogP contribution in [0.1, 0.15) is 29.6 Å². The Bertz CT molecular complexity index is 589. The Morgan fingerprint density at radius 2 is 2.20 bits per heavy atom. The Labute approximate surface area is 118 Å². The standard InChI is InChI=1S/C14H19N5O/c1-9-6-13(17-10(2)16-9)18-12-4-5-20-14(12)11-7-15-19(3)8-11/h6-8,12,14H,4-5H2,1-3H3,(H,16,17,18)/t12-,14+/m1/s1. The minimum Gasteiger partial charge on any atom is -0.371 e. The van der Waals surface area contributed by atoms with E-state index in [1.54, 1.807) is 4.68 Å². The SMILES string of the molecule is Cc1cc(N[C@@H]2CCO[C@H]2c2cnn(C)c2)nc(C)n1. The van der Waals surface area contributed by atoms with Gasteiger partial charge in [-0.15, -0.1) is 0 Å². The average molecular weight is 273 g/mol. The highest BCUT2D eigenvalue weighted by atomic mass is 16.5. The molecule has 6 nitrogen and oxygen atoms in total. The van der Waals surface area contributed by atoms with Gasteiger partial charge in [-0.1, -0.05) is 0 Å². The molecule has 0 radical (unpaired) electrons. The Hall–Kier alpha value is -1.95. The summed E-state index contributed by atoms with van der Waals surface area (Å²) < 4.78 is 7.64. The highest BCUT2D eigenvalue weighted by Crippen LogP contribution is 2.30. The summed E-state index contributed by atoms with van der Waals surface area (Å²) in [7, 11) is 1.91. The van der Waals surface area contributed by atoms with E-state index < -0.39 is 0 Å². The molecule has 20 heavy (non-hydrogen) atoms. The molecule has 0 unspecified atom stereocenters. The first kappa shape index (κ1) is 13.1. The molecular formula is C14H19N5O. The zero-order valence-electron chi connectivity index (χ0n) is 12.0. The molecule has 0 bridgehead atoms. The van der Waals surface area contributed by atoms with Crippen LogP contribution in [0.5, 0.6) is 0 Å². The monoisotopic (exact) mass is 273 g/mol. The molecule has 0 saturated carbocycles. The fourth-order valence-corrected chi connectivity index (χ4v) is 2.63. The minimum absolute atomic E-state index is 0.0271. The smallest absolute Gasteiger partial charge is 0.130 e. The van der Waals surface area contributed by atoms with Crippen molar-refractivity contribution in [3.63, 3.8) is 0 Å². The third kappa shape index (κ3) is 2.65. The van der Waals surface area contributed by atoms with Gasteiger partial charge in [0.15, 0.2) is 0 Å². The highest BCUT2D eigenvalue weighted by Gasteiger charge is 2.30. The van der Waals surface area contributed by atoms with Gasteiger partial charge in [0, 0.05) is 37.2 Å². The van der Waals surface area contributed by atoms with Gasteiger partial charge in [0.05, 0.1) is 12.2 Å². The van der Waals surface area contributed by atoms with Gasteiger partial charge < -0.3 is 10.1 Å². The van der Waals surface area contributed by atoms with Crippen LogP contribution in [0.3, 0.4) is 0 Å². The van der Waals surface area contributed by atoms with E-state index in [-0.39, 0.29) is 12.1 Å². The van der Waals surface area contributed by atoms with Gasteiger partial charge in [0.1, 0.15) is 17.7 Å². The van der Waals surface area contributed by atoms with Crippen LogP contribution in [0.25, 0.3) is 0 Å². The quantitative estimate of drug-likeness (QED) is 0.923. The highest BCUT2D eigenvalue weighted by molar-refractivity contribution is 5.38. The fraction of sp³-hybridized carbons (Fsp3) is 0.500. The molecule has 1 N–H and O–H groups in total. The van der Waals surface area contributed by atoms with E-state index in [1.807, 2.05) is 39.4 Å². The van der Waals surface area contributed by atoms with Crippen LogP contribution >= 0.6 is 0 Å². The van der Waals surface area contributed by atoms with Gasteiger partial charge in [-0.2, -0.15) is 5.10 Å². The maximum absolute atomic E-state index is 5.84. The molecular weight excluding hydrogens is 254 g/mol. The second kappa shape index (κ2) is 5.20. The van der Waals surface area contributed by atoms with Crippen molar-refractivity contribution in [2.75, 3.05) is 11.9 Å². The molecule has 2 atom stereocenters. The molecule has 2 aromatic rings. The summed E-state index contributed by atoms with van der Waals surface area (Å²) in [6.07, 6.45) is 4.85. The number of anilines is 1. The lowest BCUT2D eigenvalue weighted by Crippen LogP contribution is -2.23. The summed E-state index contributed by atoms with van der Waals surface area (Å²) in [6, 6.07) is 2.18. The topological polar surface area (TPSA) is 64.9 Å². The maximum Gasteiger partial charge on any atom is 0.130 e. The van der Waals surface area contributed by atoms with E-state index in [0.717, 1.165) is 35.9 Å². The van der Waals surface area contributed by atoms with Crippen LogP contribution in [0, 0.1) is 13.8 Å². The van der Waals surface area contributed by atoms with Crippen molar-refractivity contribution >= 4 is 5.82 Å². The van der Waals surface area contributed by atoms with Gasteiger partial charge in [0.2, 0.25) is 0 Å². The van der Waals surface area contributed by atoms with E-state index in [9.17, 15) is 0 Å². The Morgan fingerprint density at radius 3 is 2.90 bits per heavy atom. The molecule has 0 aliphatic carbocycles. The first-order valence-corrected chi connectivity index (χ1v) is 6.81. The van der Waals surface area contributed by atoms with Gasteiger partial charge in [-0.25, -0.2) is 9.97 Å². The third-order valence-electron chi connectivity index (χ3n) is 3.44. The Balaban J connectivity index is 1.79. The number of nitrogens with zero attached hydrogens (tertiary/aromatic N) is 4. The molecule has 1 fully saturated rings. The number of aromatic nitrogens is 4. The molecule has 3 rings (SSSR count). The molecule has 3 heterocycles. The molecule has 2 aromatic heterocycles. The lowest BCUT2D eigenvalue weighted by Gasteiger charge is -2.19. The van der Waals surface area contributed by atoms with Crippen molar-refractivity contribution in [1.29, 1.82) is 0 Å². The predicted octanol–water partition coefficient (Wildman–Crippen LogP) is 1.77. The number of ether oxygens (including phenoxy) is 1. The van der Waals surface area contributed by atoms with Crippen molar-refractivity contribution in [3.8, 4) is 0 Å². The van der Waals surface area contributed by atoms with Crippen molar-refractivity contribution < 1.29 is 4.74 Å². The average Bonchev–Trinajstić information content (AvgIpc) is 2.96. The number of hydrogen-bond acceptors (Lipinski definition) is 5. The fourth-order valence-electron chi connectivity index (χ4n) is 2.63. The summed E-state index contributed by atoms with van der Waals surface area (Å²) in [4.78, 5) is 8.73. The predicted molar refractivity (Wildman–Crippen MR) is 75.4 cm³/mol. The van der Waals surface area contributed by atoms with Crippen molar-refractivity contribution in [1.82, 2.24) is 19.7 Å². The summed E-state index contributed by atoms with van der Waals surface area (Å²) in [5.41, 5.74) is 2.07. The van der Waals surface area contributed by atoms with E-state index in [4.69, 9.17) is 4.74 Å². The van der Waals surface area contributed by atoms with Crippen LogP contribution in [0.2, 0.25) is 0 Å². The normalized spacial score (nSPS) is 22.1. The van der Waals surface area contributed by atoms with Crippen molar-refractivity contribution in [2.45, 2.75) is 32.4 Å². The molecule has 0 aromatic carbocycles. The van der Waals surface area contributed by atoms with Crippen LogP contribution in [0.15, 0.2) is 18.5 Å². The molecule has 1 aliphatic heterocycles. The van der Waals surface area contributed by atoms with Crippen molar-refractivity contribution in [2.24, 2.45) is 7.05 Å². The van der Waals surface area contributed by atoms with Gasteiger partial charge in [0.25, 0.3) is 0 Å². The van der Waals surface area contributed by atoms with Crippen LogP contribution < -0.4 is 5.32 Å². The van der Waals surface area contributed by atoms with Crippen LogP contribution in [0.4, 0.5) is 5.82 Å². The number of nitrogens with one attached hydrogen (secondary N) is 1. The maximum atomic E-state index is 5.84. The molecule has 1 aliphatic rings. The first-order valence-electron chi connectivity index (χ1n) is 6.81. The summed E-state index contributed by atoms with van der Waals surface area (Å²) in [5, 5.41) is 7.68.